The number of cyclic esters (lactones) is 2. The van der Waals surface area contributed by atoms with Gasteiger partial charge in [0.2, 0.25) is 0 Å². The third-order valence-electron chi connectivity index (χ3n) is 5.38. The first-order chi connectivity index (χ1) is 11.6. The number of rotatable bonds is 3. The molecule has 3 rings (SSSR count). The molecule has 6 heteroatoms. The molecule has 25 heavy (non-hydrogen) atoms. The van der Waals surface area contributed by atoms with E-state index in [1.807, 2.05) is 6.92 Å². The van der Waals surface area contributed by atoms with E-state index < -0.39 is 23.1 Å². The lowest BCUT2D eigenvalue weighted by Crippen LogP contribution is -2.54. The van der Waals surface area contributed by atoms with Crippen molar-refractivity contribution < 1.29 is 19.1 Å². The Bertz CT molecular complexity index is 798. The molecule has 1 aromatic rings. The molecular formula is C19H25NO5. The van der Waals surface area contributed by atoms with Crippen LogP contribution in [0.3, 0.4) is 0 Å². The zero-order valence-corrected chi connectivity index (χ0v) is 15.5. The number of nitrogens with zero attached hydrogens (tertiary/aromatic N) is 1. The minimum Gasteiger partial charge on any atom is -0.422 e. The predicted molar refractivity (Wildman–Crippen MR) is 91.2 cm³/mol. The molecule has 1 aliphatic carbocycles. The Morgan fingerprint density at radius 2 is 1.56 bits per heavy atom. The maximum Gasteiger partial charge on any atom is 0.327 e. The van der Waals surface area contributed by atoms with Crippen molar-refractivity contribution in [1.29, 1.82) is 0 Å². The first kappa shape index (κ1) is 17.7. The highest BCUT2D eigenvalue weighted by molar-refractivity contribution is 6.03. The maximum atomic E-state index is 12.7. The van der Waals surface area contributed by atoms with E-state index in [2.05, 4.69) is 6.92 Å². The van der Waals surface area contributed by atoms with Gasteiger partial charge in [-0.15, -0.1) is 0 Å². The molecule has 0 unspecified atom stereocenters. The molecule has 2 aliphatic rings. The van der Waals surface area contributed by atoms with Crippen molar-refractivity contribution in [1.82, 2.24) is 4.57 Å². The van der Waals surface area contributed by atoms with Crippen molar-refractivity contribution in [2.75, 3.05) is 0 Å². The SMILES string of the molecule is CCCCn1c(C)c2c(c(C)c1=O)CC1(C2)C(=O)OC(C)(C)OC1=O. The molecule has 2 heterocycles. The van der Waals surface area contributed by atoms with Gasteiger partial charge in [-0.05, 0) is 31.4 Å². The van der Waals surface area contributed by atoms with E-state index in [9.17, 15) is 14.4 Å². The number of fused-ring (bicyclic) bond motifs is 1. The van der Waals surface area contributed by atoms with Crippen LogP contribution in [0, 0.1) is 19.3 Å². The third kappa shape index (κ3) is 2.58. The molecule has 0 bridgehead atoms. The predicted octanol–water partition coefficient (Wildman–Crippen LogP) is 2.19. The van der Waals surface area contributed by atoms with Crippen LogP contribution in [0.25, 0.3) is 0 Å². The quantitative estimate of drug-likeness (QED) is 0.619. The highest BCUT2D eigenvalue weighted by atomic mass is 16.7. The van der Waals surface area contributed by atoms with E-state index in [0.29, 0.717) is 12.1 Å². The number of hydrogen-bond donors (Lipinski definition) is 0. The van der Waals surface area contributed by atoms with Crippen LogP contribution in [0.1, 0.15) is 56.0 Å². The minimum atomic E-state index is -1.36. The summed E-state index contributed by atoms with van der Waals surface area (Å²) >= 11 is 0. The molecule has 0 N–H and O–H groups in total. The molecule has 0 aromatic carbocycles. The summed E-state index contributed by atoms with van der Waals surface area (Å²) in [6.45, 7) is 9.46. The lowest BCUT2D eigenvalue weighted by atomic mass is 9.83. The average molecular weight is 347 g/mol. The number of hydrogen-bond acceptors (Lipinski definition) is 5. The molecule has 0 atom stereocenters. The first-order valence-electron chi connectivity index (χ1n) is 8.81. The molecule has 6 nitrogen and oxygen atoms in total. The molecule has 136 valence electrons. The zero-order valence-electron chi connectivity index (χ0n) is 15.5. The molecule has 1 aromatic heterocycles. The summed E-state index contributed by atoms with van der Waals surface area (Å²) in [5, 5.41) is 0. The van der Waals surface area contributed by atoms with Gasteiger partial charge in [0.15, 0.2) is 5.41 Å². The van der Waals surface area contributed by atoms with Gasteiger partial charge in [0, 0.05) is 44.5 Å². The Kier molecular flexibility index (Phi) is 4.05. The molecule has 0 radical (unpaired) electrons. The number of carbonyl (C=O) groups is 2. The monoisotopic (exact) mass is 347 g/mol. The van der Waals surface area contributed by atoms with Crippen molar-refractivity contribution in [3.8, 4) is 0 Å². The van der Waals surface area contributed by atoms with Crippen LogP contribution in [0.5, 0.6) is 0 Å². The summed E-state index contributed by atoms with van der Waals surface area (Å²) in [6.07, 6.45) is 2.30. The van der Waals surface area contributed by atoms with E-state index in [1.165, 1.54) is 0 Å². The molecule has 1 spiro atoms. The van der Waals surface area contributed by atoms with Crippen molar-refractivity contribution in [2.45, 2.75) is 72.6 Å². The first-order valence-corrected chi connectivity index (χ1v) is 8.81. The Hall–Kier alpha value is -2.11. The number of pyridine rings is 1. The summed E-state index contributed by atoms with van der Waals surface area (Å²) < 4.78 is 12.5. The Balaban J connectivity index is 2.08. The van der Waals surface area contributed by atoms with Gasteiger partial charge < -0.3 is 14.0 Å². The van der Waals surface area contributed by atoms with Crippen LogP contribution in [0.4, 0.5) is 0 Å². The fraction of sp³-hybridized carbons (Fsp3) is 0.632. The average Bonchev–Trinajstić information content (AvgIpc) is 2.93. The maximum absolute atomic E-state index is 12.7. The van der Waals surface area contributed by atoms with Crippen LogP contribution in [-0.4, -0.2) is 22.3 Å². The smallest absolute Gasteiger partial charge is 0.327 e. The van der Waals surface area contributed by atoms with Gasteiger partial charge in [0.1, 0.15) is 0 Å². The number of aromatic nitrogens is 1. The van der Waals surface area contributed by atoms with Gasteiger partial charge in [-0.3, -0.25) is 14.4 Å². The normalized spacial score (nSPS) is 20.4. The highest BCUT2D eigenvalue weighted by Gasteiger charge is 2.59. The molecule has 1 aliphatic heterocycles. The van der Waals surface area contributed by atoms with Gasteiger partial charge in [0.05, 0.1) is 0 Å². The van der Waals surface area contributed by atoms with Crippen molar-refractivity contribution in [2.24, 2.45) is 5.41 Å². The largest absolute Gasteiger partial charge is 0.422 e. The van der Waals surface area contributed by atoms with Crippen LogP contribution in [0.2, 0.25) is 0 Å². The van der Waals surface area contributed by atoms with Crippen LogP contribution < -0.4 is 5.56 Å². The number of unbranched alkanes of at least 4 members (excludes halogenated alkanes) is 1. The molecule has 1 fully saturated rings. The standard InChI is InChI=1S/C19H25NO5/c1-6-7-8-20-12(3)14-10-19(9-13(14)11(2)15(20)21)16(22)24-18(4,5)25-17(19)23/h6-10H2,1-5H3. The molecule has 0 saturated carbocycles. The van der Waals surface area contributed by atoms with Crippen LogP contribution in [0.15, 0.2) is 4.79 Å². The van der Waals surface area contributed by atoms with E-state index in [0.717, 1.165) is 29.7 Å². The fourth-order valence-electron chi connectivity index (χ4n) is 3.85. The zero-order chi connectivity index (χ0) is 18.6. The number of ether oxygens (including phenoxy) is 2. The Morgan fingerprint density at radius 3 is 2.12 bits per heavy atom. The fourth-order valence-corrected chi connectivity index (χ4v) is 3.85. The van der Waals surface area contributed by atoms with Crippen molar-refractivity contribution in [3.63, 3.8) is 0 Å². The highest BCUT2D eigenvalue weighted by Crippen LogP contribution is 2.45. The van der Waals surface area contributed by atoms with Gasteiger partial charge in [-0.25, -0.2) is 0 Å². The van der Waals surface area contributed by atoms with Crippen molar-refractivity contribution in [3.05, 3.63) is 32.7 Å². The molecule has 1 saturated heterocycles. The lowest BCUT2D eigenvalue weighted by molar-refractivity contribution is -0.250. The van der Waals surface area contributed by atoms with E-state index in [4.69, 9.17) is 9.47 Å². The topological polar surface area (TPSA) is 74.6 Å². The number of carbonyl (C=O) groups excluding carboxylic acids is 2. The van der Waals surface area contributed by atoms with E-state index in [-0.39, 0.29) is 18.4 Å². The number of esters is 2. The van der Waals surface area contributed by atoms with Crippen LogP contribution >= 0.6 is 0 Å². The van der Waals surface area contributed by atoms with Gasteiger partial charge in [-0.2, -0.15) is 0 Å². The van der Waals surface area contributed by atoms with E-state index in [1.54, 1.807) is 25.3 Å². The minimum absolute atomic E-state index is 0.0420. The summed E-state index contributed by atoms with van der Waals surface area (Å²) in [6, 6.07) is 0. The molecule has 0 amide bonds. The summed E-state index contributed by atoms with van der Waals surface area (Å²) in [7, 11) is 0. The van der Waals surface area contributed by atoms with E-state index >= 15 is 0 Å². The second-order valence-electron chi connectivity index (χ2n) is 7.59. The lowest BCUT2D eigenvalue weighted by Gasteiger charge is -2.38. The van der Waals surface area contributed by atoms with Gasteiger partial charge in [0.25, 0.3) is 11.3 Å². The second-order valence-corrected chi connectivity index (χ2v) is 7.59. The van der Waals surface area contributed by atoms with Crippen LogP contribution in [-0.2, 0) is 38.4 Å². The van der Waals surface area contributed by atoms with Gasteiger partial charge in [-0.1, -0.05) is 13.3 Å². The summed E-state index contributed by atoms with van der Waals surface area (Å²) in [5.41, 5.74) is 1.75. The summed E-state index contributed by atoms with van der Waals surface area (Å²) in [4.78, 5) is 38.1. The molecular weight excluding hydrogens is 322 g/mol. The van der Waals surface area contributed by atoms with Crippen molar-refractivity contribution >= 4 is 11.9 Å². The second kappa shape index (κ2) is 5.71. The summed E-state index contributed by atoms with van der Waals surface area (Å²) in [5.74, 6) is -2.36. The van der Waals surface area contributed by atoms with Gasteiger partial charge >= 0.3 is 11.9 Å². The Labute approximate surface area is 147 Å². The third-order valence-corrected chi connectivity index (χ3v) is 5.38. The Morgan fingerprint density at radius 1 is 1.00 bits per heavy atom.